The predicted octanol–water partition coefficient (Wildman–Crippen LogP) is 4.80. The average Bonchev–Trinajstić information content (AvgIpc) is 2.43. The summed E-state index contributed by atoms with van der Waals surface area (Å²) in [6, 6.07) is 0.0927. The number of piperazine rings is 1. The zero-order chi connectivity index (χ0) is 14.7. The van der Waals surface area contributed by atoms with Crippen molar-refractivity contribution in [2.24, 2.45) is 0 Å². The fourth-order valence-electron chi connectivity index (χ4n) is 2.50. The summed E-state index contributed by atoms with van der Waals surface area (Å²) in [7, 11) is 0. The molecule has 2 heterocycles. The van der Waals surface area contributed by atoms with E-state index in [0.717, 1.165) is 43.7 Å². The molecule has 0 radical (unpaired) electrons. The first kappa shape index (κ1) is 22.3. The topological polar surface area (TPSA) is 28.2 Å². The van der Waals surface area contributed by atoms with Gasteiger partial charge in [0, 0.05) is 44.0 Å². The van der Waals surface area contributed by atoms with Crippen LogP contribution in [-0.2, 0) is 0 Å². The minimum Gasteiger partial charge on any atom is -0.314 e. The molecular weight excluding hydrogens is 387 g/mol. The van der Waals surface area contributed by atoms with Crippen molar-refractivity contribution in [1.82, 2.24) is 15.2 Å². The standard InChI is InChI=1S/C14H18Cl3N3.2ClH/c1-9(2)7-11(20-5-3-18-4-6-20)12-10(15)8-19-14(17)13(12)16;;/h8,11,18H,1,3-7H2,2H3;2*1H/t11-;;/m1../s1. The van der Waals surface area contributed by atoms with E-state index in [4.69, 9.17) is 34.8 Å². The van der Waals surface area contributed by atoms with E-state index in [1.165, 1.54) is 0 Å². The number of nitrogens with zero attached hydrogens (tertiary/aromatic N) is 2. The molecule has 1 N–H and O–H groups in total. The summed E-state index contributed by atoms with van der Waals surface area (Å²) in [5, 5.41) is 4.65. The highest BCUT2D eigenvalue weighted by atomic mass is 35.5. The molecule has 1 saturated heterocycles. The highest BCUT2D eigenvalue weighted by Crippen LogP contribution is 2.39. The molecule has 1 atom stereocenters. The van der Waals surface area contributed by atoms with Gasteiger partial charge < -0.3 is 5.32 Å². The van der Waals surface area contributed by atoms with Crippen molar-refractivity contribution in [3.05, 3.63) is 39.1 Å². The third-order valence-electron chi connectivity index (χ3n) is 3.43. The minimum atomic E-state index is 0. The lowest BCUT2D eigenvalue weighted by molar-refractivity contribution is 0.172. The van der Waals surface area contributed by atoms with Gasteiger partial charge in [-0.05, 0) is 13.3 Å². The Labute approximate surface area is 159 Å². The Morgan fingerprint density at radius 1 is 1.32 bits per heavy atom. The molecule has 1 fully saturated rings. The van der Waals surface area contributed by atoms with Gasteiger partial charge in [0.05, 0.1) is 10.0 Å². The van der Waals surface area contributed by atoms with E-state index in [1.807, 2.05) is 6.92 Å². The van der Waals surface area contributed by atoms with E-state index in [1.54, 1.807) is 6.20 Å². The summed E-state index contributed by atoms with van der Waals surface area (Å²) in [5.74, 6) is 0. The van der Waals surface area contributed by atoms with Crippen molar-refractivity contribution in [2.75, 3.05) is 26.2 Å². The second-order valence-electron chi connectivity index (χ2n) is 5.09. The van der Waals surface area contributed by atoms with Gasteiger partial charge in [-0.3, -0.25) is 4.90 Å². The second-order valence-corrected chi connectivity index (χ2v) is 6.23. The molecule has 126 valence electrons. The van der Waals surface area contributed by atoms with Crippen LogP contribution >= 0.6 is 59.6 Å². The Balaban J connectivity index is 0.00000220. The van der Waals surface area contributed by atoms with Crippen molar-refractivity contribution in [3.63, 3.8) is 0 Å². The molecule has 3 nitrogen and oxygen atoms in total. The molecule has 1 aliphatic rings. The van der Waals surface area contributed by atoms with Crippen LogP contribution in [0.5, 0.6) is 0 Å². The third kappa shape index (κ3) is 5.41. The quantitative estimate of drug-likeness (QED) is 0.574. The Bertz CT molecular complexity index is 503. The van der Waals surface area contributed by atoms with Crippen LogP contribution in [0.3, 0.4) is 0 Å². The molecule has 0 aromatic carbocycles. The molecule has 0 aliphatic carbocycles. The first-order valence-electron chi connectivity index (χ1n) is 6.59. The van der Waals surface area contributed by atoms with Gasteiger partial charge in [0.1, 0.15) is 5.15 Å². The molecule has 0 unspecified atom stereocenters. The van der Waals surface area contributed by atoms with Crippen LogP contribution in [0.15, 0.2) is 18.3 Å². The van der Waals surface area contributed by atoms with Crippen LogP contribution in [0.1, 0.15) is 24.9 Å². The number of hydrogen-bond donors (Lipinski definition) is 1. The highest BCUT2D eigenvalue weighted by Gasteiger charge is 2.27. The first-order valence-corrected chi connectivity index (χ1v) is 7.72. The molecule has 0 saturated carbocycles. The van der Waals surface area contributed by atoms with Crippen molar-refractivity contribution in [3.8, 4) is 0 Å². The van der Waals surface area contributed by atoms with E-state index in [2.05, 4.69) is 21.8 Å². The number of pyridine rings is 1. The van der Waals surface area contributed by atoms with Crippen molar-refractivity contribution >= 4 is 59.6 Å². The maximum absolute atomic E-state index is 6.35. The van der Waals surface area contributed by atoms with Gasteiger partial charge in [-0.25, -0.2) is 4.98 Å². The maximum atomic E-state index is 6.35. The van der Waals surface area contributed by atoms with Crippen molar-refractivity contribution in [2.45, 2.75) is 19.4 Å². The van der Waals surface area contributed by atoms with E-state index in [-0.39, 0.29) is 30.9 Å². The fourth-order valence-corrected chi connectivity index (χ4v) is 3.24. The van der Waals surface area contributed by atoms with Crippen molar-refractivity contribution in [1.29, 1.82) is 0 Å². The lowest BCUT2D eigenvalue weighted by Crippen LogP contribution is -2.45. The molecule has 8 heteroatoms. The monoisotopic (exact) mass is 405 g/mol. The Hall–Kier alpha value is 0.260. The van der Waals surface area contributed by atoms with Crippen LogP contribution in [0, 0.1) is 0 Å². The summed E-state index contributed by atoms with van der Waals surface area (Å²) >= 11 is 18.7. The molecule has 0 spiro atoms. The summed E-state index contributed by atoms with van der Waals surface area (Å²) in [6.45, 7) is 9.85. The van der Waals surface area contributed by atoms with E-state index < -0.39 is 0 Å². The average molecular weight is 408 g/mol. The normalized spacial score (nSPS) is 16.4. The predicted molar refractivity (Wildman–Crippen MR) is 100 cm³/mol. The van der Waals surface area contributed by atoms with Crippen LogP contribution in [0.4, 0.5) is 0 Å². The number of halogens is 5. The molecule has 1 aromatic rings. The van der Waals surface area contributed by atoms with Gasteiger partial charge in [-0.1, -0.05) is 40.4 Å². The van der Waals surface area contributed by atoms with Crippen LogP contribution < -0.4 is 5.32 Å². The SMILES string of the molecule is C=C(C)C[C@H](c1c(Cl)cnc(Cl)c1Cl)N1CCNCC1.Cl.Cl. The van der Waals surface area contributed by atoms with Crippen LogP contribution in [-0.4, -0.2) is 36.1 Å². The maximum Gasteiger partial charge on any atom is 0.148 e. The van der Waals surface area contributed by atoms with Gasteiger partial charge in [0.2, 0.25) is 0 Å². The fraction of sp³-hybridized carbons (Fsp3) is 0.500. The second kappa shape index (κ2) is 10.2. The zero-order valence-corrected chi connectivity index (χ0v) is 16.1. The molecular formula is C14H20Cl5N3. The lowest BCUT2D eigenvalue weighted by atomic mass is 9.98. The van der Waals surface area contributed by atoms with Gasteiger partial charge >= 0.3 is 0 Å². The molecule has 0 amide bonds. The molecule has 1 aromatic heterocycles. The number of nitrogens with one attached hydrogen (secondary N) is 1. The third-order valence-corrected chi connectivity index (χ3v) is 4.50. The molecule has 1 aliphatic heterocycles. The summed E-state index contributed by atoms with van der Waals surface area (Å²) < 4.78 is 0. The van der Waals surface area contributed by atoms with E-state index in [9.17, 15) is 0 Å². The van der Waals surface area contributed by atoms with Gasteiger partial charge in [0.25, 0.3) is 0 Å². The summed E-state index contributed by atoms with van der Waals surface area (Å²) in [6.07, 6.45) is 2.37. The van der Waals surface area contributed by atoms with Gasteiger partial charge in [0.15, 0.2) is 0 Å². The summed E-state index contributed by atoms with van der Waals surface area (Å²) in [5.41, 5.74) is 1.95. The van der Waals surface area contributed by atoms with Crippen LogP contribution in [0.2, 0.25) is 15.2 Å². The van der Waals surface area contributed by atoms with Gasteiger partial charge in [-0.15, -0.1) is 31.4 Å². The molecule has 22 heavy (non-hydrogen) atoms. The van der Waals surface area contributed by atoms with Crippen molar-refractivity contribution < 1.29 is 0 Å². The molecule has 0 bridgehead atoms. The minimum absolute atomic E-state index is 0. The Morgan fingerprint density at radius 3 is 2.45 bits per heavy atom. The lowest BCUT2D eigenvalue weighted by Gasteiger charge is -2.36. The largest absolute Gasteiger partial charge is 0.314 e. The molecule has 2 rings (SSSR count). The smallest absolute Gasteiger partial charge is 0.148 e. The Morgan fingerprint density at radius 2 is 1.91 bits per heavy atom. The summed E-state index contributed by atoms with van der Waals surface area (Å²) in [4.78, 5) is 6.36. The zero-order valence-electron chi connectivity index (χ0n) is 12.2. The van der Waals surface area contributed by atoms with E-state index in [0.29, 0.717) is 15.2 Å². The Kier molecular flexibility index (Phi) is 10.3. The highest BCUT2D eigenvalue weighted by molar-refractivity contribution is 6.43. The first-order chi connectivity index (χ1) is 9.50. The number of rotatable bonds is 4. The van der Waals surface area contributed by atoms with Crippen LogP contribution in [0.25, 0.3) is 0 Å². The van der Waals surface area contributed by atoms with Gasteiger partial charge in [-0.2, -0.15) is 0 Å². The number of hydrogen-bond acceptors (Lipinski definition) is 3. The number of aromatic nitrogens is 1. The van der Waals surface area contributed by atoms with E-state index >= 15 is 0 Å².